The van der Waals surface area contributed by atoms with Crippen LogP contribution in [0.3, 0.4) is 0 Å². The van der Waals surface area contributed by atoms with Gasteiger partial charge in [-0.3, -0.25) is 0 Å². The van der Waals surface area contributed by atoms with Crippen LogP contribution in [0.4, 0.5) is 0 Å². The zero-order valence-corrected chi connectivity index (χ0v) is 11.6. The van der Waals surface area contributed by atoms with Crippen LogP contribution in [-0.4, -0.2) is 11.7 Å². The second-order valence-corrected chi connectivity index (χ2v) is 5.02. The van der Waals surface area contributed by atoms with E-state index < -0.39 is 5.60 Å². The van der Waals surface area contributed by atoms with Gasteiger partial charge in [-0.1, -0.05) is 36.4 Å². The first-order chi connectivity index (χ1) is 9.53. The molecule has 2 aromatic rings. The molecule has 3 nitrogen and oxygen atoms in total. The average molecular weight is 267 g/mol. The van der Waals surface area contributed by atoms with Crippen LogP contribution in [0.5, 0.6) is 5.75 Å². The topological polar surface area (TPSA) is 53.2 Å². The molecule has 2 rings (SSSR count). The van der Waals surface area contributed by atoms with Crippen molar-refractivity contribution in [2.45, 2.75) is 19.4 Å². The van der Waals surface area contributed by atoms with E-state index in [1.807, 2.05) is 43.3 Å². The molecule has 0 bridgehead atoms. The molecule has 102 valence electrons. The quantitative estimate of drug-likeness (QED) is 0.925. The molecule has 0 aliphatic rings. The van der Waals surface area contributed by atoms with E-state index in [-0.39, 0.29) is 6.61 Å². The van der Waals surface area contributed by atoms with E-state index in [0.29, 0.717) is 11.3 Å². The second kappa shape index (κ2) is 5.77. The molecule has 3 heteroatoms. The lowest BCUT2D eigenvalue weighted by Gasteiger charge is -2.24. The monoisotopic (exact) mass is 267 g/mol. The highest BCUT2D eigenvalue weighted by atomic mass is 16.5. The van der Waals surface area contributed by atoms with Gasteiger partial charge in [0.25, 0.3) is 0 Å². The first-order valence-electron chi connectivity index (χ1n) is 6.44. The van der Waals surface area contributed by atoms with Crippen LogP contribution < -0.4 is 4.74 Å². The maximum atomic E-state index is 10.5. The molecule has 0 saturated carbocycles. The number of benzene rings is 2. The van der Waals surface area contributed by atoms with Crippen molar-refractivity contribution in [1.29, 1.82) is 5.26 Å². The second-order valence-electron chi connectivity index (χ2n) is 5.02. The van der Waals surface area contributed by atoms with Crippen LogP contribution in [0.1, 0.15) is 23.6 Å². The van der Waals surface area contributed by atoms with E-state index in [1.54, 1.807) is 19.1 Å². The Labute approximate surface area is 119 Å². The Hall–Kier alpha value is -2.31. The van der Waals surface area contributed by atoms with Crippen LogP contribution in [-0.2, 0) is 5.60 Å². The Morgan fingerprint density at radius 2 is 1.90 bits per heavy atom. The number of aryl methyl sites for hydroxylation is 1. The molecule has 1 atom stereocenters. The van der Waals surface area contributed by atoms with Gasteiger partial charge in [0, 0.05) is 0 Å². The molecule has 0 saturated heterocycles. The van der Waals surface area contributed by atoms with Crippen molar-refractivity contribution in [3.63, 3.8) is 0 Å². The highest BCUT2D eigenvalue weighted by molar-refractivity contribution is 5.41. The van der Waals surface area contributed by atoms with E-state index >= 15 is 0 Å². The number of hydrogen-bond acceptors (Lipinski definition) is 3. The molecule has 1 N–H and O–H groups in total. The highest BCUT2D eigenvalue weighted by Gasteiger charge is 2.24. The maximum Gasteiger partial charge on any atom is 0.123 e. The SMILES string of the molecule is Cc1ccc(C#N)cc1OCC(C)(O)c1ccccc1. The summed E-state index contributed by atoms with van der Waals surface area (Å²) in [5.41, 5.74) is 1.21. The molecule has 0 aliphatic heterocycles. The average Bonchev–Trinajstić information content (AvgIpc) is 2.47. The number of aliphatic hydroxyl groups is 1. The fourth-order valence-electron chi connectivity index (χ4n) is 1.92. The Morgan fingerprint density at radius 1 is 1.20 bits per heavy atom. The van der Waals surface area contributed by atoms with Crippen LogP contribution in [0.2, 0.25) is 0 Å². The minimum absolute atomic E-state index is 0.132. The third kappa shape index (κ3) is 3.17. The molecule has 20 heavy (non-hydrogen) atoms. The van der Waals surface area contributed by atoms with Gasteiger partial charge in [0.15, 0.2) is 0 Å². The van der Waals surface area contributed by atoms with Gasteiger partial charge in [-0.15, -0.1) is 0 Å². The van der Waals surface area contributed by atoms with Crippen molar-refractivity contribution in [2.24, 2.45) is 0 Å². The van der Waals surface area contributed by atoms with Crippen LogP contribution in [0, 0.1) is 18.3 Å². The summed E-state index contributed by atoms with van der Waals surface area (Å²) in [6.45, 7) is 3.76. The van der Waals surface area contributed by atoms with Gasteiger partial charge >= 0.3 is 0 Å². The van der Waals surface area contributed by atoms with Gasteiger partial charge in [0.05, 0.1) is 11.6 Å². The Kier molecular flexibility index (Phi) is 4.07. The number of nitriles is 1. The van der Waals surface area contributed by atoms with E-state index in [4.69, 9.17) is 10.00 Å². The number of nitrogens with zero attached hydrogens (tertiary/aromatic N) is 1. The lowest BCUT2D eigenvalue weighted by Crippen LogP contribution is -2.29. The summed E-state index contributed by atoms with van der Waals surface area (Å²) in [5, 5.41) is 19.4. The molecule has 0 aliphatic carbocycles. The molecule has 0 amide bonds. The molecule has 1 unspecified atom stereocenters. The Balaban J connectivity index is 2.14. The first kappa shape index (κ1) is 14.1. The van der Waals surface area contributed by atoms with Crippen molar-refractivity contribution in [2.75, 3.05) is 6.61 Å². The van der Waals surface area contributed by atoms with Crippen LogP contribution in [0.15, 0.2) is 48.5 Å². The van der Waals surface area contributed by atoms with Crippen molar-refractivity contribution in [3.05, 3.63) is 65.2 Å². The van der Waals surface area contributed by atoms with Crippen LogP contribution in [0.25, 0.3) is 0 Å². The van der Waals surface area contributed by atoms with Gasteiger partial charge in [-0.25, -0.2) is 0 Å². The van der Waals surface area contributed by atoms with Crippen molar-refractivity contribution in [3.8, 4) is 11.8 Å². The van der Waals surface area contributed by atoms with Gasteiger partial charge in [-0.2, -0.15) is 5.26 Å². The summed E-state index contributed by atoms with van der Waals surface area (Å²) in [4.78, 5) is 0. The van der Waals surface area contributed by atoms with E-state index in [1.165, 1.54) is 0 Å². The van der Waals surface area contributed by atoms with Crippen molar-refractivity contribution in [1.82, 2.24) is 0 Å². The molecule has 0 aromatic heterocycles. The van der Waals surface area contributed by atoms with E-state index in [9.17, 15) is 5.11 Å². The molecule has 0 spiro atoms. The summed E-state index contributed by atoms with van der Waals surface area (Å²) in [7, 11) is 0. The van der Waals surface area contributed by atoms with Gasteiger partial charge < -0.3 is 9.84 Å². The number of hydrogen-bond donors (Lipinski definition) is 1. The summed E-state index contributed by atoms with van der Waals surface area (Å²) >= 11 is 0. The predicted molar refractivity (Wildman–Crippen MR) is 77.4 cm³/mol. The molecular weight excluding hydrogens is 250 g/mol. The fraction of sp³-hybridized carbons (Fsp3) is 0.235. The number of ether oxygens (including phenoxy) is 1. The Bertz CT molecular complexity index is 627. The summed E-state index contributed by atoms with van der Waals surface area (Å²) in [5.74, 6) is 0.625. The summed E-state index contributed by atoms with van der Waals surface area (Å²) in [6, 6.07) is 16.7. The lowest BCUT2D eigenvalue weighted by atomic mass is 9.97. The zero-order valence-electron chi connectivity index (χ0n) is 11.6. The molecule has 2 aromatic carbocycles. The standard InChI is InChI=1S/C17H17NO2/c1-13-8-9-14(11-18)10-16(13)20-12-17(2,19)15-6-4-3-5-7-15/h3-10,19H,12H2,1-2H3. The maximum absolute atomic E-state index is 10.5. The smallest absolute Gasteiger partial charge is 0.123 e. The minimum Gasteiger partial charge on any atom is -0.490 e. The summed E-state index contributed by atoms with van der Waals surface area (Å²) < 4.78 is 5.70. The van der Waals surface area contributed by atoms with Gasteiger partial charge in [0.2, 0.25) is 0 Å². The molecule has 0 heterocycles. The first-order valence-corrected chi connectivity index (χ1v) is 6.44. The zero-order chi connectivity index (χ0) is 14.6. The lowest BCUT2D eigenvalue weighted by molar-refractivity contribution is 0.00739. The molecular formula is C17H17NO2. The normalized spacial score (nSPS) is 13.3. The third-order valence-corrected chi connectivity index (χ3v) is 3.22. The van der Waals surface area contributed by atoms with Crippen LogP contribution >= 0.6 is 0 Å². The highest BCUT2D eigenvalue weighted by Crippen LogP contribution is 2.24. The van der Waals surface area contributed by atoms with Crippen molar-refractivity contribution >= 4 is 0 Å². The fourth-order valence-corrected chi connectivity index (χ4v) is 1.92. The summed E-state index contributed by atoms with van der Waals surface area (Å²) in [6.07, 6.45) is 0. The van der Waals surface area contributed by atoms with Gasteiger partial charge in [-0.05, 0) is 37.1 Å². The van der Waals surface area contributed by atoms with E-state index in [0.717, 1.165) is 11.1 Å². The van der Waals surface area contributed by atoms with E-state index in [2.05, 4.69) is 6.07 Å². The largest absolute Gasteiger partial charge is 0.490 e. The van der Waals surface area contributed by atoms with Crippen molar-refractivity contribution < 1.29 is 9.84 Å². The van der Waals surface area contributed by atoms with Gasteiger partial charge in [0.1, 0.15) is 18.0 Å². The Morgan fingerprint density at radius 3 is 2.55 bits per heavy atom. The minimum atomic E-state index is -1.07. The molecule has 0 fully saturated rings. The molecule has 0 radical (unpaired) electrons. The predicted octanol–water partition coefficient (Wildman–Crippen LogP) is 3.15. The third-order valence-electron chi connectivity index (χ3n) is 3.22. The number of rotatable bonds is 4.